The number of rotatable bonds is 5. The third-order valence-electron chi connectivity index (χ3n) is 4.99. The smallest absolute Gasteiger partial charge is 0.300 e. The lowest BCUT2D eigenvalue weighted by Crippen LogP contribution is -2.49. The minimum atomic E-state index is -0.833. The third-order valence-corrected chi connectivity index (χ3v) is 4.99. The Balaban J connectivity index is 0.000000785. The van der Waals surface area contributed by atoms with Crippen LogP contribution in [0.1, 0.15) is 47.9 Å². The Bertz CT molecular complexity index is 909. The van der Waals surface area contributed by atoms with Crippen molar-refractivity contribution in [2.75, 3.05) is 0 Å². The van der Waals surface area contributed by atoms with E-state index in [0.717, 1.165) is 18.2 Å². The van der Waals surface area contributed by atoms with Gasteiger partial charge in [-0.1, -0.05) is 6.07 Å². The number of imidazole rings is 1. The minimum Gasteiger partial charge on any atom is -0.481 e. The monoisotopic (exact) mass is 431 g/mol. The van der Waals surface area contributed by atoms with Gasteiger partial charge in [0.2, 0.25) is 5.91 Å². The summed E-state index contributed by atoms with van der Waals surface area (Å²) in [5.74, 6) is -1.51. The number of aromatic nitrogens is 3. The predicted octanol–water partition coefficient (Wildman–Crippen LogP) is 0.790. The summed E-state index contributed by atoms with van der Waals surface area (Å²) in [6, 6.07) is 3.34. The van der Waals surface area contributed by atoms with Crippen LogP contribution in [0, 0.1) is 12.8 Å². The first kappa shape index (κ1) is 24.0. The molecule has 2 heterocycles. The number of aliphatic carboxylic acids is 1. The van der Waals surface area contributed by atoms with E-state index in [1.807, 2.05) is 19.1 Å². The number of aryl methyl sites for hydroxylation is 2. The molecule has 0 radical (unpaired) electrons. The fourth-order valence-electron chi connectivity index (χ4n) is 3.34. The van der Waals surface area contributed by atoms with E-state index in [2.05, 4.69) is 20.6 Å². The molecule has 3 rings (SSSR count). The minimum absolute atomic E-state index is 0.0796. The van der Waals surface area contributed by atoms with E-state index >= 15 is 0 Å². The van der Waals surface area contributed by atoms with E-state index in [1.165, 1.54) is 0 Å². The molecule has 31 heavy (non-hydrogen) atoms. The number of aliphatic hydroxyl groups excluding tert-OH is 1. The molecule has 2 aromatic heterocycles. The molecule has 2 aromatic rings. The predicted molar refractivity (Wildman–Crippen MR) is 112 cm³/mol. The van der Waals surface area contributed by atoms with Gasteiger partial charge in [0.1, 0.15) is 5.69 Å². The van der Waals surface area contributed by atoms with E-state index in [1.54, 1.807) is 30.3 Å². The number of carbonyl (C=O) groups excluding carboxylic acids is 2. The van der Waals surface area contributed by atoms with E-state index in [4.69, 9.17) is 9.90 Å². The lowest BCUT2D eigenvalue weighted by Gasteiger charge is -2.33. The molecule has 0 aromatic carbocycles. The molecular weight excluding hydrogens is 402 g/mol. The van der Waals surface area contributed by atoms with Gasteiger partial charge in [0.25, 0.3) is 11.9 Å². The van der Waals surface area contributed by atoms with Crippen molar-refractivity contribution < 1.29 is 24.6 Å². The summed E-state index contributed by atoms with van der Waals surface area (Å²) in [7, 11) is 1.78. The molecule has 1 saturated carbocycles. The molecule has 1 aliphatic carbocycles. The molecule has 0 spiro atoms. The van der Waals surface area contributed by atoms with Gasteiger partial charge < -0.3 is 25.4 Å². The molecule has 0 saturated heterocycles. The Morgan fingerprint density at radius 1 is 1.26 bits per heavy atom. The summed E-state index contributed by atoms with van der Waals surface area (Å²) < 4.78 is 1.68. The summed E-state index contributed by atoms with van der Waals surface area (Å²) in [6.07, 6.45) is 5.64. The van der Waals surface area contributed by atoms with Crippen LogP contribution in [-0.4, -0.2) is 54.7 Å². The number of nitrogens with one attached hydrogen (secondary N) is 2. The van der Waals surface area contributed by atoms with Gasteiger partial charge >= 0.3 is 0 Å². The molecule has 168 valence electrons. The summed E-state index contributed by atoms with van der Waals surface area (Å²) in [6.45, 7) is 3.41. The topological polar surface area (TPSA) is 146 Å². The van der Waals surface area contributed by atoms with E-state index < -0.39 is 18.1 Å². The maximum atomic E-state index is 12.5. The lowest BCUT2D eigenvalue weighted by molar-refractivity contribution is -0.134. The summed E-state index contributed by atoms with van der Waals surface area (Å²) in [4.78, 5) is 42.1. The lowest BCUT2D eigenvalue weighted by atomic mass is 9.83. The summed E-state index contributed by atoms with van der Waals surface area (Å²) >= 11 is 0. The van der Waals surface area contributed by atoms with Crippen LogP contribution in [0.2, 0.25) is 0 Å². The van der Waals surface area contributed by atoms with E-state index in [9.17, 15) is 14.7 Å². The first-order valence-corrected chi connectivity index (χ1v) is 10.0. The zero-order valence-corrected chi connectivity index (χ0v) is 17.9. The number of amides is 2. The molecule has 0 aliphatic heterocycles. The first-order valence-electron chi connectivity index (χ1n) is 10.0. The zero-order chi connectivity index (χ0) is 23.0. The number of carboxylic acids is 1. The summed E-state index contributed by atoms with van der Waals surface area (Å²) in [5, 5.41) is 23.4. The van der Waals surface area contributed by atoms with Gasteiger partial charge in [0.15, 0.2) is 0 Å². The second-order valence-electron chi connectivity index (χ2n) is 7.59. The molecule has 0 bridgehead atoms. The fourth-order valence-corrected chi connectivity index (χ4v) is 3.34. The maximum absolute atomic E-state index is 12.5. The Morgan fingerprint density at radius 3 is 2.58 bits per heavy atom. The van der Waals surface area contributed by atoms with Gasteiger partial charge in [0.05, 0.1) is 30.7 Å². The van der Waals surface area contributed by atoms with Crippen molar-refractivity contribution in [2.24, 2.45) is 13.0 Å². The van der Waals surface area contributed by atoms with Gasteiger partial charge in [-0.15, -0.1) is 0 Å². The largest absolute Gasteiger partial charge is 0.481 e. The van der Waals surface area contributed by atoms with Crippen molar-refractivity contribution in [3.05, 3.63) is 47.8 Å². The number of pyridine rings is 1. The van der Waals surface area contributed by atoms with Crippen molar-refractivity contribution in [2.45, 2.75) is 51.8 Å². The molecule has 2 amide bonds. The van der Waals surface area contributed by atoms with E-state index in [0.29, 0.717) is 31.5 Å². The number of hydrogen-bond acceptors (Lipinski definition) is 6. The van der Waals surface area contributed by atoms with Crippen molar-refractivity contribution in [3.8, 4) is 0 Å². The maximum Gasteiger partial charge on any atom is 0.300 e. The van der Waals surface area contributed by atoms with Crippen LogP contribution in [0.4, 0.5) is 0 Å². The Kier molecular flexibility index (Phi) is 8.68. The molecule has 0 unspecified atom stereocenters. The second kappa shape index (κ2) is 11.2. The molecule has 10 nitrogen and oxygen atoms in total. The average Bonchev–Trinajstić information content (AvgIpc) is 3.15. The van der Waals surface area contributed by atoms with Crippen LogP contribution in [-0.2, 0) is 23.2 Å². The van der Waals surface area contributed by atoms with Gasteiger partial charge in [0, 0.05) is 32.3 Å². The number of carbonyl (C=O) groups is 3. The van der Waals surface area contributed by atoms with Gasteiger partial charge in [-0.05, 0) is 37.8 Å². The number of hydrogen-bond donors (Lipinski definition) is 4. The molecule has 4 N–H and O–H groups in total. The highest BCUT2D eigenvalue weighted by Crippen LogP contribution is 2.25. The highest BCUT2D eigenvalue weighted by atomic mass is 16.4. The van der Waals surface area contributed by atoms with Crippen LogP contribution in [0.15, 0.2) is 30.9 Å². The third kappa shape index (κ3) is 7.49. The summed E-state index contributed by atoms with van der Waals surface area (Å²) in [5.41, 5.74) is 2.15. The Labute approximate surface area is 180 Å². The van der Waals surface area contributed by atoms with Crippen LogP contribution in [0.5, 0.6) is 0 Å². The first-order chi connectivity index (χ1) is 14.7. The standard InChI is InChI=1S/C19H25N5O3.C2H4O2/c1-12-4-3-7-20-15(12)9-21-18(26)13-5-6-17(25)14(8-13)23-19(27)16-10-24(2)11-22-16;1-2(3)4/h3-4,7,10-11,13-14,17,25H,5-6,8-9H2,1-2H3,(H,21,26)(H,23,27);1H3,(H,3,4)/t13-,14+,17+;/m0./s1. The van der Waals surface area contributed by atoms with Crippen molar-refractivity contribution >= 4 is 17.8 Å². The highest BCUT2D eigenvalue weighted by Gasteiger charge is 2.34. The fraction of sp³-hybridized carbons (Fsp3) is 0.476. The molecule has 1 fully saturated rings. The normalized spacial score (nSPS) is 20.2. The van der Waals surface area contributed by atoms with Crippen LogP contribution in [0.25, 0.3) is 0 Å². The number of carboxylic acid groups (broad SMARTS) is 1. The van der Waals surface area contributed by atoms with Crippen LogP contribution in [0.3, 0.4) is 0 Å². The average molecular weight is 431 g/mol. The van der Waals surface area contributed by atoms with Gasteiger partial charge in [-0.3, -0.25) is 19.4 Å². The van der Waals surface area contributed by atoms with E-state index in [-0.39, 0.29) is 17.7 Å². The molecular formula is C21H29N5O5. The number of aliphatic hydroxyl groups is 1. The molecule has 3 atom stereocenters. The molecule has 10 heteroatoms. The SMILES string of the molecule is CC(=O)O.Cc1cccnc1CNC(=O)[C@H]1CC[C@@H](O)[C@H](NC(=O)c2cn(C)cn2)C1. The van der Waals surface area contributed by atoms with Gasteiger partial charge in [-0.2, -0.15) is 0 Å². The number of nitrogens with zero attached hydrogens (tertiary/aromatic N) is 3. The van der Waals surface area contributed by atoms with Crippen molar-refractivity contribution in [3.63, 3.8) is 0 Å². The van der Waals surface area contributed by atoms with Crippen LogP contribution < -0.4 is 10.6 Å². The molecule has 1 aliphatic rings. The second-order valence-corrected chi connectivity index (χ2v) is 7.59. The van der Waals surface area contributed by atoms with Crippen molar-refractivity contribution in [1.82, 2.24) is 25.2 Å². The van der Waals surface area contributed by atoms with Crippen LogP contribution >= 0.6 is 0 Å². The zero-order valence-electron chi connectivity index (χ0n) is 17.9. The Morgan fingerprint density at radius 2 is 1.97 bits per heavy atom. The Hall–Kier alpha value is -3.27. The quantitative estimate of drug-likeness (QED) is 0.547. The van der Waals surface area contributed by atoms with Gasteiger partial charge in [-0.25, -0.2) is 4.98 Å². The highest BCUT2D eigenvalue weighted by molar-refractivity contribution is 5.92. The van der Waals surface area contributed by atoms with Crippen molar-refractivity contribution in [1.29, 1.82) is 0 Å².